The third-order valence-corrected chi connectivity index (χ3v) is 5.06. The van der Waals surface area contributed by atoms with Gasteiger partial charge in [-0.25, -0.2) is 8.42 Å². The van der Waals surface area contributed by atoms with E-state index in [1.807, 2.05) is 6.92 Å². The SMILES string of the molecule is C=CCN(C(C)(C)CO)S(=O)(=O)c1ccc(C)cc1. The van der Waals surface area contributed by atoms with Crippen LogP contribution in [-0.2, 0) is 10.0 Å². The maximum absolute atomic E-state index is 12.6. The minimum atomic E-state index is -3.65. The van der Waals surface area contributed by atoms with E-state index in [4.69, 9.17) is 0 Å². The summed E-state index contributed by atoms with van der Waals surface area (Å²) in [5.74, 6) is 0. The molecule has 0 aliphatic carbocycles. The predicted octanol–water partition coefficient (Wildman–Crippen LogP) is 1.94. The van der Waals surface area contributed by atoms with E-state index in [1.54, 1.807) is 38.1 Å². The Labute approximate surface area is 115 Å². The van der Waals surface area contributed by atoms with Gasteiger partial charge >= 0.3 is 0 Å². The smallest absolute Gasteiger partial charge is 0.243 e. The van der Waals surface area contributed by atoms with E-state index in [0.717, 1.165) is 5.56 Å². The highest BCUT2D eigenvalue weighted by Gasteiger charge is 2.35. The number of benzene rings is 1. The minimum Gasteiger partial charge on any atom is -0.394 e. The minimum absolute atomic E-state index is 0.157. The number of nitrogens with zero attached hydrogens (tertiary/aromatic N) is 1. The quantitative estimate of drug-likeness (QED) is 0.812. The number of hydrogen-bond acceptors (Lipinski definition) is 3. The van der Waals surface area contributed by atoms with E-state index in [2.05, 4.69) is 6.58 Å². The van der Waals surface area contributed by atoms with Gasteiger partial charge in [-0.2, -0.15) is 4.31 Å². The molecule has 1 rings (SSSR count). The van der Waals surface area contributed by atoms with Gasteiger partial charge in [-0.3, -0.25) is 0 Å². The molecule has 1 aromatic carbocycles. The average molecular weight is 283 g/mol. The zero-order valence-electron chi connectivity index (χ0n) is 11.6. The van der Waals surface area contributed by atoms with Crippen LogP contribution in [0.25, 0.3) is 0 Å². The van der Waals surface area contributed by atoms with Crippen molar-refractivity contribution in [3.63, 3.8) is 0 Å². The highest BCUT2D eigenvalue weighted by Crippen LogP contribution is 2.24. The van der Waals surface area contributed by atoms with Gasteiger partial charge in [0.25, 0.3) is 0 Å². The first-order valence-corrected chi connectivity index (χ1v) is 7.51. The topological polar surface area (TPSA) is 57.6 Å². The molecular formula is C14H21NO3S. The molecule has 0 saturated heterocycles. The summed E-state index contributed by atoms with van der Waals surface area (Å²) in [6.07, 6.45) is 1.52. The standard InChI is InChI=1S/C14H21NO3S/c1-5-10-15(14(3,4)11-16)19(17,18)13-8-6-12(2)7-9-13/h5-9,16H,1,10-11H2,2-4H3. The van der Waals surface area contributed by atoms with Crippen molar-refractivity contribution in [3.05, 3.63) is 42.5 Å². The largest absolute Gasteiger partial charge is 0.394 e. The average Bonchev–Trinajstić information content (AvgIpc) is 2.36. The maximum atomic E-state index is 12.6. The number of hydrogen-bond donors (Lipinski definition) is 1. The number of sulfonamides is 1. The monoisotopic (exact) mass is 283 g/mol. The van der Waals surface area contributed by atoms with Gasteiger partial charge in [0.2, 0.25) is 10.0 Å². The molecule has 106 valence electrons. The van der Waals surface area contributed by atoms with E-state index in [-0.39, 0.29) is 18.0 Å². The van der Waals surface area contributed by atoms with Crippen molar-refractivity contribution < 1.29 is 13.5 Å². The molecule has 0 saturated carbocycles. The first-order chi connectivity index (χ1) is 8.75. The van der Waals surface area contributed by atoms with Crippen molar-refractivity contribution in [1.29, 1.82) is 0 Å². The second-order valence-electron chi connectivity index (χ2n) is 5.11. The molecule has 1 aromatic rings. The Hall–Kier alpha value is -1.17. The Morgan fingerprint density at radius 3 is 2.26 bits per heavy atom. The first kappa shape index (κ1) is 15.9. The van der Waals surface area contributed by atoms with Gasteiger partial charge in [-0.05, 0) is 32.9 Å². The van der Waals surface area contributed by atoms with Crippen LogP contribution in [0.5, 0.6) is 0 Å². The highest BCUT2D eigenvalue weighted by atomic mass is 32.2. The van der Waals surface area contributed by atoms with Crippen molar-refractivity contribution in [2.24, 2.45) is 0 Å². The second-order valence-corrected chi connectivity index (χ2v) is 6.97. The van der Waals surface area contributed by atoms with Gasteiger partial charge in [0.05, 0.1) is 17.0 Å². The van der Waals surface area contributed by atoms with Crippen LogP contribution in [0.3, 0.4) is 0 Å². The molecule has 0 unspecified atom stereocenters. The van der Waals surface area contributed by atoms with Crippen LogP contribution in [0.15, 0.2) is 41.8 Å². The molecule has 0 fully saturated rings. The maximum Gasteiger partial charge on any atom is 0.243 e. The third kappa shape index (κ3) is 3.43. The van der Waals surface area contributed by atoms with Crippen LogP contribution in [-0.4, -0.2) is 36.5 Å². The number of rotatable bonds is 6. The highest BCUT2D eigenvalue weighted by molar-refractivity contribution is 7.89. The molecule has 0 atom stereocenters. The molecule has 19 heavy (non-hydrogen) atoms. The molecule has 0 radical (unpaired) electrons. The summed E-state index contributed by atoms with van der Waals surface area (Å²) in [4.78, 5) is 0.224. The number of aliphatic hydroxyl groups excluding tert-OH is 1. The van der Waals surface area contributed by atoms with Crippen molar-refractivity contribution in [2.45, 2.75) is 31.2 Å². The molecular weight excluding hydrogens is 262 g/mol. The van der Waals surface area contributed by atoms with Gasteiger partial charge < -0.3 is 5.11 Å². The van der Waals surface area contributed by atoms with Crippen molar-refractivity contribution >= 4 is 10.0 Å². The zero-order valence-corrected chi connectivity index (χ0v) is 12.4. The van der Waals surface area contributed by atoms with Crippen LogP contribution in [0.1, 0.15) is 19.4 Å². The Morgan fingerprint density at radius 1 is 1.32 bits per heavy atom. The summed E-state index contributed by atoms with van der Waals surface area (Å²) in [5.41, 5.74) is 0.119. The zero-order chi connectivity index (χ0) is 14.7. The third-order valence-electron chi connectivity index (χ3n) is 2.97. The van der Waals surface area contributed by atoms with E-state index >= 15 is 0 Å². The number of aryl methyl sites for hydroxylation is 1. The summed E-state index contributed by atoms with van der Waals surface area (Å²) in [6, 6.07) is 6.66. The van der Waals surface area contributed by atoms with Gasteiger partial charge in [-0.15, -0.1) is 6.58 Å². The summed E-state index contributed by atoms with van der Waals surface area (Å²) in [6.45, 7) is 8.74. The normalized spacial score (nSPS) is 12.7. The first-order valence-electron chi connectivity index (χ1n) is 6.07. The molecule has 1 N–H and O–H groups in total. The summed E-state index contributed by atoms with van der Waals surface area (Å²) < 4.78 is 26.5. The molecule has 0 bridgehead atoms. The van der Waals surface area contributed by atoms with E-state index in [9.17, 15) is 13.5 Å². The molecule has 0 spiro atoms. The van der Waals surface area contributed by atoms with Crippen LogP contribution >= 0.6 is 0 Å². The Kier molecular flexibility index (Phi) is 4.90. The molecule has 0 heterocycles. The molecule has 5 heteroatoms. The fraction of sp³-hybridized carbons (Fsp3) is 0.429. The lowest BCUT2D eigenvalue weighted by molar-refractivity contribution is 0.129. The van der Waals surface area contributed by atoms with E-state index in [1.165, 1.54) is 10.4 Å². The summed E-state index contributed by atoms with van der Waals surface area (Å²) in [5, 5.41) is 9.41. The van der Waals surface area contributed by atoms with Crippen molar-refractivity contribution in [3.8, 4) is 0 Å². The van der Waals surface area contributed by atoms with Crippen LogP contribution < -0.4 is 0 Å². The molecule has 4 nitrogen and oxygen atoms in total. The molecule has 0 aliphatic heterocycles. The fourth-order valence-electron chi connectivity index (χ4n) is 1.70. The van der Waals surface area contributed by atoms with Gasteiger partial charge in [0.15, 0.2) is 0 Å². The van der Waals surface area contributed by atoms with Crippen LogP contribution in [0.4, 0.5) is 0 Å². The van der Waals surface area contributed by atoms with Crippen LogP contribution in [0, 0.1) is 6.92 Å². The predicted molar refractivity (Wildman–Crippen MR) is 76.4 cm³/mol. The van der Waals surface area contributed by atoms with Gasteiger partial charge in [0, 0.05) is 6.54 Å². The molecule has 0 aliphatic rings. The lowest BCUT2D eigenvalue weighted by Crippen LogP contribution is -2.50. The Bertz CT molecular complexity index is 532. The Morgan fingerprint density at radius 2 is 1.84 bits per heavy atom. The molecule has 0 aromatic heterocycles. The fourth-order valence-corrected chi connectivity index (χ4v) is 3.45. The van der Waals surface area contributed by atoms with Gasteiger partial charge in [0.1, 0.15) is 0 Å². The van der Waals surface area contributed by atoms with Crippen molar-refractivity contribution in [1.82, 2.24) is 4.31 Å². The molecule has 0 amide bonds. The summed E-state index contributed by atoms with van der Waals surface area (Å²) in [7, 11) is -3.65. The van der Waals surface area contributed by atoms with Crippen LogP contribution in [0.2, 0.25) is 0 Å². The van der Waals surface area contributed by atoms with Gasteiger partial charge in [-0.1, -0.05) is 23.8 Å². The Balaban J connectivity index is 3.28. The van der Waals surface area contributed by atoms with E-state index in [0.29, 0.717) is 0 Å². The summed E-state index contributed by atoms with van der Waals surface area (Å²) >= 11 is 0. The van der Waals surface area contributed by atoms with E-state index < -0.39 is 15.6 Å². The second kappa shape index (κ2) is 5.86. The lowest BCUT2D eigenvalue weighted by Gasteiger charge is -2.35. The number of aliphatic hydroxyl groups is 1. The lowest BCUT2D eigenvalue weighted by atomic mass is 10.1. The van der Waals surface area contributed by atoms with Crippen molar-refractivity contribution in [2.75, 3.05) is 13.2 Å².